The lowest BCUT2D eigenvalue weighted by atomic mass is 9.99. The molecule has 1 rings (SSSR count). The Morgan fingerprint density at radius 2 is 1.94 bits per heavy atom. The van der Waals surface area contributed by atoms with Crippen molar-refractivity contribution >= 4 is 0 Å². The fraction of sp³-hybridized carbons (Fsp3) is 0.600. The number of benzene rings is 1. The SMILES string of the molecule is CCNC(Cc1ccccc1F)C(CC)OCC. The van der Waals surface area contributed by atoms with Crippen LogP contribution in [0.3, 0.4) is 0 Å². The van der Waals surface area contributed by atoms with Crippen LogP contribution >= 0.6 is 0 Å². The summed E-state index contributed by atoms with van der Waals surface area (Å²) in [5, 5.41) is 3.40. The molecular formula is C15H24FNO. The van der Waals surface area contributed by atoms with Crippen LogP contribution in [-0.4, -0.2) is 25.3 Å². The molecular weight excluding hydrogens is 229 g/mol. The molecule has 18 heavy (non-hydrogen) atoms. The summed E-state index contributed by atoms with van der Waals surface area (Å²) in [6.07, 6.45) is 1.73. The number of hydrogen-bond donors (Lipinski definition) is 1. The van der Waals surface area contributed by atoms with Crippen LogP contribution in [0.5, 0.6) is 0 Å². The second-order valence-electron chi connectivity index (χ2n) is 4.36. The summed E-state index contributed by atoms with van der Waals surface area (Å²) in [5.41, 5.74) is 0.751. The minimum atomic E-state index is -0.133. The van der Waals surface area contributed by atoms with Gasteiger partial charge in [0.2, 0.25) is 0 Å². The third-order valence-corrected chi connectivity index (χ3v) is 3.10. The van der Waals surface area contributed by atoms with E-state index in [9.17, 15) is 4.39 Å². The van der Waals surface area contributed by atoms with Gasteiger partial charge in [0, 0.05) is 12.6 Å². The van der Waals surface area contributed by atoms with Gasteiger partial charge < -0.3 is 10.1 Å². The van der Waals surface area contributed by atoms with Gasteiger partial charge in [0.05, 0.1) is 6.10 Å². The number of rotatable bonds is 8. The largest absolute Gasteiger partial charge is 0.377 e. The van der Waals surface area contributed by atoms with Gasteiger partial charge in [-0.1, -0.05) is 32.0 Å². The van der Waals surface area contributed by atoms with Crippen molar-refractivity contribution in [3.63, 3.8) is 0 Å². The first-order valence-electron chi connectivity index (χ1n) is 6.81. The lowest BCUT2D eigenvalue weighted by molar-refractivity contribution is 0.0321. The Kier molecular flexibility index (Phi) is 6.91. The molecule has 0 saturated carbocycles. The molecule has 0 aliphatic heterocycles. The first kappa shape index (κ1) is 15.1. The van der Waals surface area contributed by atoms with Gasteiger partial charge in [-0.25, -0.2) is 4.39 Å². The molecule has 3 heteroatoms. The van der Waals surface area contributed by atoms with Crippen LogP contribution in [0, 0.1) is 5.82 Å². The molecule has 0 radical (unpaired) electrons. The van der Waals surface area contributed by atoms with Crippen molar-refractivity contribution < 1.29 is 9.13 Å². The number of hydrogen-bond acceptors (Lipinski definition) is 2. The number of ether oxygens (including phenoxy) is 1. The normalized spacial score (nSPS) is 14.4. The van der Waals surface area contributed by atoms with Crippen LogP contribution in [0.2, 0.25) is 0 Å². The third kappa shape index (κ3) is 4.39. The van der Waals surface area contributed by atoms with Crippen LogP contribution in [-0.2, 0) is 11.2 Å². The molecule has 0 aromatic heterocycles. The molecule has 0 saturated heterocycles. The highest BCUT2D eigenvalue weighted by Crippen LogP contribution is 2.14. The van der Waals surface area contributed by atoms with Gasteiger partial charge >= 0.3 is 0 Å². The Labute approximate surface area is 110 Å². The first-order valence-corrected chi connectivity index (χ1v) is 6.81. The molecule has 1 aromatic rings. The van der Waals surface area contributed by atoms with E-state index in [-0.39, 0.29) is 18.0 Å². The van der Waals surface area contributed by atoms with Gasteiger partial charge in [-0.05, 0) is 37.9 Å². The van der Waals surface area contributed by atoms with Crippen molar-refractivity contribution in [1.82, 2.24) is 5.32 Å². The molecule has 0 fully saturated rings. The maximum Gasteiger partial charge on any atom is 0.126 e. The molecule has 2 unspecified atom stereocenters. The average molecular weight is 253 g/mol. The van der Waals surface area contributed by atoms with Crippen molar-refractivity contribution in [1.29, 1.82) is 0 Å². The average Bonchev–Trinajstić information content (AvgIpc) is 2.38. The van der Waals surface area contributed by atoms with E-state index in [4.69, 9.17) is 4.74 Å². The van der Waals surface area contributed by atoms with Gasteiger partial charge in [-0.3, -0.25) is 0 Å². The first-order chi connectivity index (χ1) is 8.72. The van der Waals surface area contributed by atoms with Crippen molar-refractivity contribution in [2.75, 3.05) is 13.2 Å². The second-order valence-corrected chi connectivity index (χ2v) is 4.36. The molecule has 0 bridgehead atoms. The highest BCUT2D eigenvalue weighted by molar-refractivity contribution is 5.18. The standard InChI is InChI=1S/C15H24FNO/c1-4-15(18-6-3)14(17-5-2)11-12-9-7-8-10-13(12)16/h7-10,14-15,17H,4-6,11H2,1-3H3. The Balaban J connectivity index is 2.75. The van der Waals surface area contributed by atoms with E-state index in [1.807, 2.05) is 19.1 Å². The van der Waals surface area contributed by atoms with Crippen LogP contribution in [0.1, 0.15) is 32.8 Å². The Hall–Kier alpha value is -0.930. The zero-order valence-corrected chi connectivity index (χ0v) is 11.6. The van der Waals surface area contributed by atoms with Gasteiger partial charge in [0.25, 0.3) is 0 Å². The van der Waals surface area contributed by atoms with E-state index in [1.54, 1.807) is 6.07 Å². The number of nitrogens with one attached hydrogen (secondary N) is 1. The Morgan fingerprint density at radius 3 is 2.50 bits per heavy atom. The molecule has 0 spiro atoms. The van der Waals surface area contributed by atoms with Crippen LogP contribution in [0.25, 0.3) is 0 Å². The minimum Gasteiger partial charge on any atom is -0.377 e. The van der Waals surface area contributed by atoms with E-state index in [0.717, 1.165) is 18.5 Å². The zero-order chi connectivity index (χ0) is 13.4. The van der Waals surface area contributed by atoms with Crippen molar-refractivity contribution in [2.45, 2.75) is 45.8 Å². The van der Waals surface area contributed by atoms with E-state index >= 15 is 0 Å². The van der Waals surface area contributed by atoms with Crippen LogP contribution < -0.4 is 5.32 Å². The molecule has 0 aliphatic rings. The van der Waals surface area contributed by atoms with Crippen molar-refractivity contribution in [3.05, 3.63) is 35.6 Å². The highest BCUT2D eigenvalue weighted by atomic mass is 19.1. The van der Waals surface area contributed by atoms with E-state index in [0.29, 0.717) is 13.0 Å². The second kappa shape index (κ2) is 8.22. The topological polar surface area (TPSA) is 21.3 Å². The predicted octanol–water partition coefficient (Wildman–Crippen LogP) is 3.16. The van der Waals surface area contributed by atoms with E-state index in [1.165, 1.54) is 6.07 Å². The zero-order valence-electron chi connectivity index (χ0n) is 11.6. The molecule has 1 N–H and O–H groups in total. The lowest BCUT2D eigenvalue weighted by Gasteiger charge is -2.27. The summed E-state index contributed by atoms with van der Waals surface area (Å²) in [6.45, 7) is 7.72. The molecule has 0 aliphatic carbocycles. The predicted molar refractivity (Wildman–Crippen MR) is 73.3 cm³/mol. The van der Waals surface area contributed by atoms with Gasteiger partial charge in [-0.2, -0.15) is 0 Å². The maximum absolute atomic E-state index is 13.7. The quantitative estimate of drug-likeness (QED) is 0.768. The highest BCUT2D eigenvalue weighted by Gasteiger charge is 2.20. The molecule has 2 nitrogen and oxygen atoms in total. The Morgan fingerprint density at radius 1 is 1.22 bits per heavy atom. The van der Waals surface area contributed by atoms with E-state index in [2.05, 4.69) is 19.2 Å². The van der Waals surface area contributed by atoms with Crippen LogP contribution in [0.15, 0.2) is 24.3 Å². The monoisotopic (exact) mass is 253 g/mol. The fourth-order valence-electron chi connectivity index (χ4n) is 2.23. The minimum absolute atomic E-state index is 0.133. The van der Waals surface area contributed by atoms with Crippen molar-refractivity contribution in [3.8, 4) is 0 Å². The smallest absolute Gasteiger partial charge is 0.126 e. The summed E-state index contributed by atoms with van der Waals surface area (Å²) in [7, 11) is 0. The molecule has 2 atom stereocenters. The van der Waals surface area contributed by atoms with Gasteiger partial charge in [-0.15, -0.1) is 0 Å². The summed E-state index contributed by atoms with van der Waals surface area (Å²) in [4.78, 5) is 0. The Bertz CT molecular complexity index is 343. The lowest BCUT2D eigenvalue weighted by Crippen LogP contribution is -2.43. The molecule has 1 aromatic carbocycles. The number of halogens is 1. The molecule has 0 heterocycles. The van der Waals surface area contributed by atoms with Gasteiger partial charge in [0.15, 0.2) is 0 Å². The fourth-order valence-corrected chi connectivity index (χ4v) is 2.23. The van der Waals surface area contributed by atoms with E-state index < -0.39 is 0 Å². The molecule has 102 valence electrons. The summed E-state index contributed by atoms with van der Waals surface area (Å²) in [6, 6.07) is 7.12. The van der Waals surface area contributed by atoms with Crippen LogP contribution in [0.4, 0.5) is 4.39 Å². The van der Waals surface area contributed by atoms with Gasteiger partial charge in [0.1, 0.15) is 5.82 Å². The molecule has 0 amide bonds. The summed E-state index contributed by atoms with van der Waals surface area (Å²) >= 11 is 0. The summed E-state index contributed by atoms with van der Waals surface area (Å²) in [5.74, 6) is -0.133. The number of likely N-dealkylation sites (N-methyl/N-ethyl adjacent to an activating group) is 1. The summed E-state index contributed by atoms with van der Waals surface area (Å²) < 4.78 is 19.4. The maximum atomic E-state index is 13.7. The third-order valence-electron chi connectivity index (χ3n) is 3.10. The van der Waals surface area contributed by atoms with Crippen molar-refractivity contribution in [2.24, 2.45) is 0 Å².